The van der Waals surface area contributed by atoms with Crippen molar-refractivity contribution in [2.45, 2.75) is 25.0 Å². The summed E-state index contributed by atoms with van der Waals surface area (Å²) in [6, 6.07) is 6.83. The molecule has 134 valence electrons. The molecular formula is C17H27N3O3S. The minimum atomic E-state index is -3.24. The SMILES string of the molecule is CN(C)CCCNC(=O)c1ccc(CS(=O)(=O)N2CCCC2)cc1. The molecule has 1 saturated heterocycles. The van der Waals surface area contributed by atoms with Gasteiger partial charge in [0.2, 0.25) is 10.0 Å². The molecule has 6 nitrogen and oxygen atoms in total. The third-order valence-electron chi connectivity index (χ3n) is 4.09. The Morgan fingerprint density at radius 1 is 1.17 bits per heavy atom. The summed E-state index contributed by atoms with van der Waals surface area (Å²) in [6.45, 7) is 2.79. The lowest BCUT2D eigenvalue weighted by molar-refractivity contribution is 0.0952. The summed E-state index contributed by atoms with van der Waals surface area (Å²) in [4.78, 5) is 14.1. The van der Waals surface area contributed by atoms with Crippen LogP contribution in [0.5, 0.6) is 0 Å². The van der Waals surface area contributed by atoms with Gasteiger partial charge in [0, 0.05) is 25.2 Å². The summed E-state index contributed by atoms with van der Waals surface area (Å²) in [5, 5.41) is 2.87. The van der Waals surface area contributed by atoms with Gasteiger partial charge < -0.3 is 10.2 Å². The van der Waals surface area contributed by atoms with E-state index in [1.54, 1.807) is 28.6 Å². The van der Waals surface area contributed by atoms with Gasteiger partial charge in [-0.3, -0.25) is 4.79 Å². The zero-order chi connectivity index (χ0) is 17.6. The molecule has 1 heterocycles. The smallest absolute Gasteiger partial charge is 0.251 e. The molecule has 0 spiro atoms. The van der Waals surface area contributed by atoms with Gasteiger partial charge in [-0.05, 0) is 57.6 Å². The van der Waals surface area contributed by atoms with E-state index >= 15 is 0 Å². The van der Waals surface area contributed by atoms with Gasteiger partial charge in [0.25, 0.3) is 5.91 Å². The normalized spacial score (nSPS) is 15.8. The second-order valence-electron chi connectivity index (χ2n) is 6.47. The van der Waals surface area contributed by atoms with Crippen LogP contribution in [0.2, 0.25) is 0 Å². The Bertz CT molecular complexity index is 636. The van der Waals surface area contributed by atoms with Crippen LogP contribution < -0.4 is 5.32 Å². The van der Waals surface area contributed by atoms with Crippen LogP contribution >= 0.6 is 0 Å². The molecule has 0 bridgehead atoms. The first-order valence-corrected chi connectivity index (χ1v) is 9.99. The number of hydrogen-bond acceptors (Lipinski definition) is 4. The van der Waals surface area contributed by atoms with Crippen molar-refractivity contribution in [2.24, 2.45) is 0 Å². The van der Waals surface area contributed by atoms with Gasteiger partial charge in [-0.2, -0.15) is 0 Å². The predicted octanol–water partition coefficient (Wildman–Crippen LogP) is 1.29. The van der Waals surface area contributed by atoms with Crippen molar-refractivity contribution in [1.29, 1.82) is 0 Å². The molecule has 1 aromatic rings. The molecule has 7 heteroatoms. The zero-order valence-corrected chi connectivity index (χ0v) is 15.3. The molecule has 1 aliphatic heterocycles. The van der Waals surface area contributed by atoms with Gasteiger partial charge in [-0.15, -0.1) is 0 Å². The largest absolute Gasteiger partial charge is 0.352 e. The third kappa shape index (κ3) is 5.58. The van der Waals surface area contributed by atoms with Crippen molar-refractivity contribution in [1.82, 2.24) is 14.5 Å². The van der Waals surface area contributed by atoms with Crippen molar-refractivity contribution in [2.75, 3.05) is 40.3 Å². The summed E-state index contributed by atoms with van der Waals surface area (Å²) >= 11 is 0. The van der Waals surface area contributed by atoms with Crippen LogP contribution in [0.4, 0.5) is 0 Å². The van der Waals surface area contributed by atoms with Gasteiger partial charge in [0.05, 0.1) is 5.75 Å². The molecule has 1 aromatic carbocycles. The number of nitrogens with zero attached hydrogens (tertiary/aromatic N) is 2. The Morgan fingerprint density at radius 2 is 1.79 bits per heavy atom. The lowest BCUT2D eigenvalue weighted by atomic mass is 10.1. The summed E-state index contributed by atoms with van der Waals surface area (Å²) in [7, 11) is 0.750. The maximum Gasteiger partial charge on any atom is 0.251 e. The minimum Gasteiger partial charge on any atom is -0.352 e. The van der Waals surface area contributed by atoms with Crippen molar-refractivity contribution < 1.29 is 13.2 Å². The number of amides is 1. The first-order chi connectivity index (χ1) is 11.4. The van der Waals surface area contributed by atoms with Crippen molar-refractivity contribution in [3.63, 3.8) is 0 Å². The monoisotopic (exact) mass is 353 g/mol. The second kappa shape index (κ2) is 8.60. The van der Waals surface area contributed by atoms with E-state index in [4.69, 9.17) is 0 Å². The summed E-state index contributed by atoms with van der Waals surface area (Å²) in [5.74, 6) is -0.125. The highest BCUT2D eigenvalue weighted by Crippen LogP contribution is 2.17. The van der Waals surface area contributed by atoms with Gasteiger partial charge in [0.1, 0.15) is 0 Å². The third-order valence-corrected chi connectivity index (χ3v) is 5.94. The average Bonchev–Trinajstić information content (AvgIpc) is 3.07. The van der Waals surface area contributed by atoms with Gasteiger partial charge in [-0.25, -0.2) is 12.7 Å². The minimum absolute atomic E-state index is 0.00225. The fraction of sp³-hybridized carbons (Fsp3) is 0.588. The number of benzene rings is 1. The molecule has 24 heavy (non-hydrogen) atoms. The highest BCUT2D eigenvalue weighted by Gasteiger charge is 2.25. The fourth-order valence-corrected chi connectivity index (χ4v) is 4.33. The molecule has 1 aliphatic rings. The highest BCUT2D eigenvalue weighted by atomic mass is 32.2. The van der Waals surface area contributed by atoms with E-state index in [1.165, 1.54) is 0 Å². The Hall–Kier alpha value is -1.44. The van der Waals surface area contributed by atoms with E-state index in [2.05, 4.69) is 10.2 Å². The van der Waals surface area contributed by atoms with Gasteiger partial charge in [0.15, 0.2) is 0 Å². The number of hydrogen-bond donors (Lipinski definition) is 1. The molecule has 2 rings (SSSR count). The standard InChI is InChI=1S/C17H27N3O3S/c1-19(2)11-5-10-18-17(21)16-8-6-15(7-9-16)14-24(22,23)20-12-3-4-13-20/h6-9H,3-5,10-14H2,1-2H3,(H,18,21). The van der Waals surface area contributed by atoms with E-state index in [9.17, 15) is 13.2 Å². The van der Waals surface area contributed by atoms with Crippen LogP contribution in [0.3, 0.4) is 0 Å². The predicted molar refractivity (Wildman–Crippen MR) is 95.4 cm³/mol. The Labute approximate surface area is 144 Å². The molecular weight excluding hydrogens is 326 g/mol. The van der Waals surface area contributed by atoms with E-state index in [1.807, 2.05) is 14.1 Å². The quantitative estimate of drug-likeness (QED) is 0.715. The molecule has 0 aliphatic carbocycles. The van der Waals surface area contributed by atoms with Crippen molar-refractivity contribution in [3.8, 4) is 0 Å². The van der Waals surface area contributed by atoms with E-state index in [-0.39, 0.29) is 11.7 Å². The summed E-state index contributed by atoms with van der Waals surface area (Å²) in [6.07, 6.45) is 2.77. The van der Waals surface area contributed by atoms with E-state index in [0.29, 0.717) is 30.8 Å². The molecule has 1 amide bonds. The first kappa shape index (κ1) is 18.9. The lowest BCUT2D eigenvalue weighted by Gasteiger charge is -2.15. The Balaban J connectivity index is 1.87. The lowest BCUT2D eigenvalue weighted by Crippen LogP contribution is -2.29. The fourth-order valence-electron chi connectivity index (χ4n) is 2.72. The van der Waals surface area contributed by atoms with Crippen LogP contribution in [-0.2, 0) is 15.8 Å². The number of sulfonamides is 1. The van der Waals surface area contributed by atoms with Crippen molar-refractivity contribution >= 4 is 15.9 Å². The number of carbonyl (C=O) groups is 1. The number of nitrogens with one attached hydrogen (secondary N) is 1. The molecule has 0 saturated carbocycles. The summed E-state index contributed by atoms with van der Waals surface area (Å²) in [5.41, 5.74) is 1.27. The van der Waals surface area contributed by atoms with Crippen LogP contribution in [0.1, 0.15) is 35.2 Å². The van der Waals surface area contributed by atoms with Gasteiger partial charge in [-0.1, -0.05) is 12.1 Å². The molecule has 1 fully saturated rings. The number of rotatable bonds is 8. The zero-order valence-electron chi connectivity index (χ0n) is 14.5. The Morgan fingerprint density at radius 3 is 2.38 bits per heavy atom. The van der Waals surface area contributed by atoms with Crippen LogP contribution in [0, 0.1) is 0 Å². The molecule has 1 N–H and O–H groups in total. The molecule has 0 aromatic heterocycles. The maximum atomic E-state index is 12.3. The number of carbonyl (C=O) groups excluding carboxylic acids is 1. The topological polar surface area (TPSA) is 69.7 Å². The Kier molecular flexibility index (Phi) is 6.77. The second-order valence-corrected chi connectivity index (χ2v) is 8.44. The van der Waals surface area contributed by atoms with Crippen LogP contribution in [0.15, 0.2) is 24.3 Å². The molecule has 0 radical (unpaired) electrons. The first-order valence-electron chi connectivity index (χ1n) is 8.38. The van der Waals surface area contributed by atoms with E-state index < -0.39 is 10.0 Å². The van der Waals surface area contributed by atoms with Crippen LogP contribution in [0.25, 0.3) is 0 Å². The summed E-state index contributed by atoms with van der Waals surface area (Å²) < 4.78 is 26.1. The van der Waals surface area contributed by atoms with Crippen molar-refractivity contribution in [3.05, 3.63) is 35.4 Å². The highest BCUT2D eigenvalue weighted by molar-refractivity contribution is 7.88. The average molecular weight is 353 g/mol. The van der Waals surface area contributed by atoms with Gasteiger partial charge >= 0.3 is 0 Å². The van der Waals surface area contributed by atoms with Crippen LogP contribution in [-0.4, -0.2) is 63.8 Å². The molecule has 0 atom stereocenters. The maximum absolute atomic E-state index is 12.3. The molecule has 0 unspecified atom stereocenters. The van der Waals surface area contributed by atoms with E-state index in [0.717, 1.165) is 25.8 Å².